The molecule has 0 aliphatic rings. The summed E-state index contributed by atoms with van der Waals surface area (Å²) in [6.07, 6.45) is -0.631. The van der Waals surface area contributed by atoms with Gasteiger partial charge >= 0.3 is 0 Å². The number of aliphatic hydroxyl groups excluding tert-OH is 1. The number of carbonyl (C=O) groups excluding carboxylic acids is 1. The Bertz CT molecular complexity index is 429. The van der Waals surface area contributed by atoms with Gasteiger partial charge in [-0.3, -0.25) is 4.79 Å². The van der Waals surface area contributed by atoms with Crippen LogP contribution in [0.5, 0.6) is 11.5 Å². The lowest BCUT2D eigenvalue weighted by atomic mass is 10.1. The fraction of sp³-hybridized carbons (Fsp3) is 0.462. The third kappa shape index (κ3) is 5.24. The van der Waals surface area contributed by atoms with Crippen LogP contribution in [0, 0.1) is 0 Å². The number of hydrogen-bond acceptors (Lipinski definition) is 5. The summed E-state index contributed by atoms with van der Waals surface area (Å²) < 4.78 is 10.3. The Labute approximate surface area is 124 Å². The Balaban J connectivity index is 0.00000361. The molecule has 114 valence electrons. The normalized spacial score (nSPS) is 11.2. The van der Waals surface area contributed by atoms with E-state index in [9.17, 15) is 9.90 Å². The summed E-state index contributed by atoms with van der Waals surface area (Å²) in [5, 5.41) is 12.7. The number of nitrogens with two attached hydrogens (primary N) is 1. The molecule has 1 atom stereocenters. The van der Waals surface area contributed by atoms with Crippen LogP contribution in [-0.4, -0.2) is 38.3 Å². The van der Waals surface area contributed by atoms with Gasteiger partial charge in [0.15, 0.2) is 0 Å². The van der Waals surface area contributed by atoms with E-state index in [1.807, 2.05) is 0 Å². The maximum Gasteiger partial charge on any atom is 0.221 e. The Kier molecular flexibility index (Phi) is 8.71. The van der Waals surface area contributed by atoms with Crippen molar-refractivity contribution in [2.45, 2.75) is 12.5 Å². The highest BCUT2D eigenvalue weighted by molar-refractivity contribution is 5.85. The number of hydrogen-bond donors (Lipinski definition) is 3. The second kappa shape index (κ2) is 9.41. The molecule has 0 aliphatic carbocycles. The zero-order chi connectivity index (χ0) is 14.3. The molecular weight excluding hydrogens is 284 g/mol. The van der Waals surface area contributed by atoms with E-state index in [1.165, 1.54) is 7.11 Å². The van der Waals surface area contributed by atoms with Crippen LogP contribution in [0.2, 0.25) is 0 Å². The van der Waals surface area contributed by atoms with Gasteiger partial charge in [0.05, 0.1) is 20.3 Å². The first-order valence-electron chi connectivity index (χ1n) is 5.99. The van der Waals surface area contributed by atoms with Gasteiger partial charge in [-0.15, -0.1) is 12.4 Å². The number of aliphatic hydroxyl groups is 1. The average Bonchev–Trinajstić information content (AvgIpc) is 2.44. The molecule has 0 aromatic heterocycles. The smallest absolute Gasteiger partial charge is 0.221 e. The number of rotatable bonds is 7. The number of benzene rings is 1. The van der Waals surface area contributed by atoms with Crippen LogP contribution in [-0.2, 0) is 4.79 Å². The summed E-state index contributed by atoms with van der Waals surface area (Å²) in [5.41, 5.74) is 5.84. The van der Waals surface area contributed by atoms with E-state index in [-0.39, 0.29) is 37.8 Å². The van der Waals surface area contributed by atoms with E-state index < -0.39 is 6.10 Å². The third-order valence-electron chi connectivity index (χ3n) is 2.66. The third-order valence-corrected chi connectivity index (χ3v) is 2.66. The van der Waals surface area contributed by atoms with E-state index >= 15 is 0 Å². The molecule has 20 heavy (non-hydrogen) atoms. The zero-order valence-corrected chi connectivity index (χ0v) is 12.4. The molecular formula is C13H21ClN2O4. The van der Waals surface area contributed by atoms with Crippen molar-refractivity contribution in [3.05, 3.63) is 23.8 Å². The molecule has 0 bridgehead atoms. The molecule has 0 heterocycles. The van der Waals surface area contributed by atoms with Crippen molar-refractivity contribution >= 4 is 18.3 Å². The number of halogens is 1. The number of carbonyl (C=O) groups is 1. The molecule has 1 aromatic carbocycles. The van der Waals surface area contributed by atoms with Crippen LogP contribution in [0.4, 0.5) is 0 Å². The van der Waals surface area contributed by atoms with Gasteiger partial charge in [-0.1, -0.05) is 0 Å². The van der Waals surface area contributed by atoms with Gasteiger partial charge < -0.3 is 25.6 Å². The maximum atomic E-state index is 11.3. The van der Waals surface area contributed by atoms with Crippen LogP contribution in [0.15, 0.2) is 18.2 Å². The van der Waals surface area contributed by atoms with Crippen molar-refractivity contribution in [3.63, 3.8) is 0 Å². The van der Waals surface area contributed by atoms with Crippen LogP contribution < -0.4 is 20.5 Å². The molecule has 1 aromatic rings. The van der Waals surface area contributed by atoms with E-state index in [0.717, 1.165) is 0 Å². The largest absolute Gasteiger partial charge is 0.497 e. The van der Waals surface area contributed by atoms with Gasteiger partial charge in [-0.05, 0) is 18.2 Å². The minimum Gasteiger partial charge on any atom is -0.497 e. The average molecular weight is 305 g/mol. The van der Waals surface area contributed by atoms with Gasteiger partial charge in [0, 0.05) is 25.1 Å². The second-order valence-electron chi connectivity index (χ2n) is 3.97. The number of methoxy groups -OCH3 is 2. The van der Waals surface area contributed by atoms with Gasteiger partial charge in [0.2, 0.25) is 5.91 Å². The number of ether oxygens (including phenoxy) is 2. The van der Waals surface area contributed by atoms with Crippen molar-refractivity contribution in [2.75, 3.05) is 27.3 Å². The standard InChI is InChI=1S/C13H20N2O4.ClH/c1-18-9-3-4-12(19-2)10(7-9)11(16)8-15-13(17)5-6-14;/h3-4,7,11,16H,5-6,8,14H2,1-2H3,(H,15,17);1H. The van der Waals surface area contributed by atoms with Gasteiger partial charge in [0.25, 0.3) is 0 Å². The topological polar surface area (TPSA) is 93.8 Å². The molecule has 4 N–H and O–H groups in total. The first-order valence-corrected chi connectivity index (χ1v) is 5.99. The van der Waals surface area contributed by atoms with Gasteiger partial charge in [-0.2, -0.15) is 0 Å². The molecule has 7 heteroatoms. The Morgan fingerprint density at radius 1 is 1.40 bits per heavy atom. The van der Waals surface area contributed by atoms with Crippen LogP contribution >= 0.6 is 12.4 Å². The molecule has 0 aliphatic heterocycles. The van der Waals surface area contributed by atoms with Crippen molar-refractivity contribution in [1.82, 2.24) is 5.32 Å². The maximum absolute atomic E-state index is 11.3. The molecule has 6 nitrogen and oxygen atoms in total. The molecule has 1 rings (SSSR count). The first kappa shape index (κ1) is 18.5. The lowest BCUT2D eigenvalue weighted by Gasteiger charge is -2.16. The lowest BCUT2D eigenvalue weighted by Crippen LogP contribution is -2.29. The second-order valence-corrected chi connectivity index (χ2v) is 3.97. The van der Waals surface area contributed by atoms with Crippen molar-refractivity contribution < 1.29 is 19.4 Å². The van der Waals surface area contributed by atoms with E-state index in [1.54, 1.807) is 25.3 Å². The number of amides is 1. The minimum absolute atomic E-state index is 0. The first-order chi connectivity index (χ1) is 9.12. The van der Waals surface area contributed by atoms with Crippen molar-refractivity contribution in [2.24, 2.45) is 5.73 Å². The highest BCUT2D eigenvalue weighted by Crippen LogP contribution is 2.28. The highest BCUT2D eigenvalue weighted by atomic mass is 35.5. The minimum atomic E-state index is -0.869. The van der Waals surface area contributed by atoms with Crippen LogP contribution in [0.1, 0.15) is 18.1 Å². The SMILES string of the molecule is COc1ccc(OC)c(C(O)CNC(=O)CCN)c1.Cl. The molecule has 0 saturated carbocycles. The summed E-state index contributed by atoms with van der Waals surface area (Å²) >= 11 is 0. The van der Waals surface area contributed by atoms with Gasteiger partial charge in [0.1, 0.15) is 11.5 Å². The Morgan fingerprint density at radius 3 is 2.65 bits per heavy atom. The fourth-order valence-corrected chi connectivity index (χ4v) is 1.64. The quantitative estimate of drug-likeness (QED) is 0.687. The number of nitrogens with one attached hydrogen (secondary N) is 1. The molecule has 1 unspecified atom stereocenters. The summed E-state index contributed by atoms with van der Waals surface area (Å²) in [6.45, 7) is 0.382. The summed E-state index contributed by atoms with van der Waals surface area (Å²) in [5.74, 6) is 0.966. The lowest BCUT2D eigenvalue weighted by molar-refractivity contribution is -0.121. The molecule has 0 radical (unpaired) electrons. The Morgan fingerprint density at radius 2 is 2.10 bits per heavy atom. The van der Waals surface area contributed by atoms with Gasteiger partial charge in [-0.25, -0.2) is 0 Å². The van der Waals surface area contributed by atoms with Crippen LogP contribution in [0.25, 0.3) is 0 Å². The molecule has 0 spiro atoms. The van der Waals surface area contributed by atoms with E-state index in [0.29, 0.717) is 17.1 Å². The summed E-state index contributed by atoms with van der Waals surface area (Å²) in [4.78, 5) is 11.3. The van der Waals surface area contributed by atoms with Crippen LogP contribution in [0.3, 0.4) is 0 Å². The monoisotopic (exact) mass is 304 g/mol. The molecule has 1 amide bonds. The highest BCUT2D eigenvalue weighted by Gasteiger charge is 2.15. The predicted molar refractivity (Wildman–Crippen MR) is 78.4 cm³/mol. The fourth-order valence-electron chi connectivity index (χ4n) is 1.64. The Hall–Kier alpha value is -1.50. The summed E-state index contributed by atoms with van der Waals surface area (Å²) in [7, 11) is 3.06. The molecule has 0 saturated heterocycles. The molecule has 0 fully saturated rings. The van der Waals surface area contributed by atoms with Crippen molar-refractivity contribution in [1.29, 1.82) is 0 Å². The predicted octanol–water partition coefficient (Wildman–Crippen LogP) is 0.624. The summed E-state index contributed by atoms with van der Waals surface area (Å²) in [6, 6.07) is 5.12. The van der Waals surface area contributed by atoms with Crippen molar-refractivity contribution in [3.8, 4) is 11.5 Å². The van der Waals surface area contributed by atoms with E-state index in [4.69, 9.17) is 15.2 Å². The zero-order valence-electron chi connectivity index (χ0n) is 11.6. The van der Waals surface area contributed by atoms with E-state index in [2.05, 4.69) is 5.32 Å².